The number of hydrogen-bond donors (Lipinski definition) is 0. The van der Waals surface area contributed by atoms with Gasteiger partial charge in [-0.15, -0.1) is 11.3 Å². The van der Waals surface area contributed by atoms with Gasteiger partial charge in [0.15, 0.2) is 0 Å². The third-order valence-electron chi connectivity index (χ3n) is 4.76. The molecule has 138 valence electrons. The molecule has 26 heavy (non-hydrogen) atoms. The molecule has 0 aliphatic heterocycles. The lowest BCUT2D eigenvalue weighted by Gasteiger charge is -2.20. The van der Waals surface area contributed by atoms with Gasteiger partial charge in [0, 0.05) is 20.1 Å². The van der Waals surface area contributed by atoms with E-state index < -0.39 is 0 Å². The molecule has 2 aromatic heterocycles. The van der Waals surface area contributed by atoms with Crippen molar-refractivity contribution in [2.75, 3.05) is 13.6 Å². The number of carbonyl (C=O) groups excluding carboxylic acids is 1. The summed E-state index contributed by atoms with van der Waals surface area (Å²) in [5, 5.41) is 0. The zero-order valence-electron chi connectivity index (χ0n) is 16.0. The van der Waals surface area contributed by atoms with Gasteiger partial charge >= 0.3 is 0 Å². The van der Waals surface area contributed by atoms with Gasteiger partial charge in [-0.2, -0.15) is 0 Å². The van der Waals surface area contributed by atoms with Crippen LogP contribution in [0, 0.1) is 0 Å². The molecule has 0 fully saturated rings. The number of halogens is 1. The maximum atomic E-state index is 12.8. The van der Waals surface area contributed by atoms with Crippen LogP contribution in [0.4, 0.5) is 0 Å². The van der Waals surface area contributed by atoms with Crippen LogP contribution in [-0.4, -0.2) is 29.0 Å². The molecule has 1 amide bonds. The molecule has 0 atom stereocenters. The third kappa shape index (κ3) is 3.74. The van der Waals surface area contributed by atoms with E-state index in [1.54, 1.807) is 16.2 Å². The summed E-state index contributed by atoms with van der Waals surface area (Å²) in [5.74, 6) is 0.0679. The number of thiophene rings is 1. The van der Waals surface area contributed by atoms with Crippen LogP contribution < -0.4 is 0 Å². The number of nitrogens with zero attached hydrogens (tertiary/aromatic N) is 2. The highest BCUT2D eigenvalue weighted by Gasteiger charge is 2.20. The van der Waals surface area contributed by atoms with Crippen molar-refractivity contribution >= 4 is 43.4 Å². The van der Waals surface area contributed by atoms with Gasteiger partial charge in [-0.25, -0.2) is 0 Å². The topological polar surface area (TPSA) is 25.2 Å². The lowest BCUT2D eigenvalue weighted by molar-refractivity contribution is 0.0793. The quantitative estimate of drug-likeness (QED) is 0.503. The average Bonchev–Trinajstić information content (AvgIpc) is 3.10. The third-order valence-corrected chi connectivity index (χ3v) is 6.33. The molecule has 3 rings (SSSR count). The van der Waals surface area contributed by atoms with Crippen LogP contribution >= 0.6 is 27.3 Å². The fourth-order valence-corrected chi connectivity index (χ4v) is 4.56. The highest BCUT2D eigenvalue weighted by atomic mass is 79.9. The Labute approximate surface area is 167 Å². The maximum absolute atomic E-state index is 12.8. The number of fused-ring (bicyclic) bond motifs is 1. The number of benzene rings is 1. The minimum atomic E-state index is 0.0679. The molecule has 5 heteroatoms. The van der Waals surface area contributed by atoms with Crippen molar-refractivity contribution in [3.8, 4) is 0 Å². The SMILES string of the molecule is CCN(C)C(=O)c1cc2sc(Br)cc2n1Cc1ccc(C(C)(C)C)cc1. The van der Waals surface area contributed by atoms with Crippen LogP contribution in [0.15, 0.2) is 40.2 Å². The molecule has 0 aliphatic carbocycles. The van der Waals surface area contributed by atoms with Crippen molar-refractivity contribution in [1.82, 2.24) is 9.47 Å². The summed E-state index contributed by atoms with van der Waals surface area (Å²) in [6.45, 7) is 10.0. The molecule has 0 aliphatic rings. The Morgan fingerprint density at radius 2 is 1.85 bits per heavy atom. The maximum Gasteiger partial charge on any atom is 0.270 e. The number of aromatic nitrogens is 1. The molecule has 0 bridgehead atoms. The Hall–Kier alpha value is -1.59. The first-order valence-corrected chi connectivity index (χ1v) is 10.4. The lowest BCUT2D eigenvalue weighted by atomic mass is 9.87. The van der Waals surface area contributed by atoms with E-state index in [9.17, 15) is 4.79 Å². The second-order valence-corrected chi connectivity index (χ2v) is 10.1. The molecule has 0 N–H and O–H groups in total. The number of amides is 1. The summed E-state index contributed by atoms with van der Waals surface area (Å²) in [4.78, 5) is 14.6. The molecule has 1 aromatic carbocycles. The Kier molecular flexibility index (Phi) is 5.31. The van der Waals surface area contributed by atoms with E-state index in [1.807, 2.05) is 20.0 Å². The van der Waals surface area contributed by atoms with E-state index in [-0.39, 0.29) is 11.3 Å². The Bertz CT molecular complexity index is 931. The van der Waals surface area contributed by atoms with Gasteiger partial charge in [0.2, 0.25) is 0 Å². The molecular weight excluding hydrogens is 408 g/mol. The first kappa shape index (κ1) is 19.2. The van der Waals surface area contributed by atoms with Gasteiger partial charge in [-0.05, 0) is 51.5 Å². The predicted molar refractivity (Wildman–Crippen MR) is 114 cm³/mol. The van der Waals surface area contributed by atoms with Crippen LogP contribution in [0.25, 0.3) is 10.2 Å². The molecule has 0 spiro atoms. The molecule has 0 radical (unpaired) electrons. The van der Waals surface area contributed by atoms with Gasteiger partial charge < -0.3 is 9.47 Å². The van der Waals surface area contributed by atoms with Gasteiger partial charge in [0.25, 0.3) is 5.91 Å². The second kappa shape index (κ2) is 7.20. The van der Waals surface area contributed by atoms with Crippen LogP contribution in [0.3, 0.4) is 0 Å². The largest absolute Gasteiger partial charge is 0.341 e. The van der Waals surface area contributed by atoms with E-state index >= 15 is 0 Å². The van der Waals surface area contributed by atoms with Gasteiger partial charge in [-0.3, -0.25) is 4.79 Å². The zero-order valence-corrected chi connectivity index (χ0v) is 18.4. The number of rotatable bonds is 4. The summed E-state index contributed by atoms with van der Waals surface area (Å²) in [5.41, 5.74) is 4.52. The van der Waals surface area contributed by atoms with E-state index in [0.29, 0.717) is 13.1 Å². The highest BCUT2D eigenvalue weighted by molar-refractivity contribution is 9.11. The molecule has 0 unspecified atom stereocenters. The first-order chi connectivity index (χ1) is 12.2. The second-order valence-electron chi connectivity index (χ2n) is 7.68. The minimum Gasteiger partial charge on any atom is -0.341 e. The summed E-state index contributed by atoms with van der Waals surface area (Å²) in [7, 11) is 1.85. The van der Waals surface area contributed by atoms with E-state index in [4.69, 9.17) is 0 Å². The standard InChI is InChI=1S/C21H25BrN2OS/c1-6-23(5)20(25)17-11-18-16(12-19(22)26-18)24(17)13-14-7-9-15(10-8-14)21(2,3)4/h7-12H,6,13H2,1-5H3. The normalized spacial score (nSPS) is 11.9. The Morgan fingerprint density at radius 3 is 2.42 bits per heavy atom. The molecule has 2 heterocycles. The summed E-state index contributed by atoms with van der Waals surface area (Å²) >= 11 is 5.23. The summed E-state index contributed by atoms with van der Waals surface area (Å²) in [6.07, 6.45) is 0. The minimum absolute atomic E-state index is 0.0679. The van der Waals surface area contributed by atoms with E-state index in [2.05, 4.69) is 71.6 Å². The number of hydrogen-bond acceptors (Lipinski definition) is 2. The van der Waals surface area contributed by atoms with Gasteiger partial charge in [-0.1, -0.05) is 45.0 Å². The fourth-order valence-electron chi connectivity index (χ4n) is 2.99. The molecule has 3 aromatic rings. The Morgan fingerprint density at radius 1 is 1.19 bits per heavy atom. The summed E-state index contributed by atoms with van der Waals surface area (Å²) < 4.78 is 4.36. The van der Waals surface area contributed by atoms with Crippen molar-refractivity contribution in [2.45, 2.75) is 39.7 Å². The van der Waals surface area contributed by atoms with E-state index in [1.165, 1.54) is 11.1 Å². The van der Waals surface area contributed by atoms with Crippen molar-refractivity contribution < 1.29 is 4.79 Å². The molecule has 3 nitrogen and oxygen atoms in total. The Balaban J connectivity index is 2.01. The molecular formula is C21H25BrN2OS. The van der Waals surface area contributed by atoms with Crippen LogP contribution in [0.5, 0.6) is 0 Å². The zero-order chi connectivity index (χ0) is 19.1. The number of carbonyl (C=O) groups is 1. The van der Waals surface area contributed by atoms with Crippen LogP contribution in [0.1, 0.15) is 49.3 Å². The van der Waals surface area contributed by atoms with Crippen molar-refractivity contribution in [3.05, 3.63) is 57.0 Å². The summed E-state index contributed by atoms with van der Waals surface area (Å²) in [6, 6.07) is 12.9. The molecule has 0 saturated heterocycles. The fraction of sp³-hybridized carbons (Fsp3) is 0.381. The first-order valence-electron chi connectivity index (χ1n) is 8.84. The van der Waals surface area contributed by atoms with Gasteiger partial charge in [0.05, 0.1) is 14.0 Å². The smallest absolute Gasteiger partial charge is 0.270 e. The monoisotopic (exact) mass is 432 g/mol. The van der Waals surface area contributed by atoms with Crippen LogP contribution in [0.2, 0.25) is 0 Å². The molecule has 0 saturated carbocycles. The van der Waals surface area contributed by atoms with Crippen LogP contribution in [-0.2, 0) is 12.0 Å². The van der Waals surface area contributed by atoms with Crippen molar-refractivity contribution in [2.24, 2.45) is 0 Å². The average molecular weight is 433 g/mol. The predicted octanol–water partition coefficient (Wildman–Crippen LogP) is 5.90. The lowest BCUT2D eigenvalue weighted by Crippen LogP contribution is -2.28. The van der Waals surface area contributed by atoms with Crippen molar-refractivity contribution in [3.63, 3.8) is 0 Å². The van der Waals surface area contributed by atoms with Gasteiger partial charge in [0.1, 0.15) is 5.69 Å². The van der Waals surface area contributed by atoms with E-state index in [0.717, 1.165) is 19.7 Å². The van der Waals surface area contributed by atoms with Crippen molar-refractivity contribution in [1.29, 1.82) is 0 Å². The highest BCUT2D eigenvalue weighted by Crippen LogP contribution is 2.33.